The Bertz CT molecular complexity index is 925. The van der Waals surface area contributed by atoms with E-state index in [-0.39, 0.29) is 5.69 Å². The van der Waals surface area contributed by atoms with Crippen molar-refractivity contribution in [1.82, 2.24) is 0 Å². The summed E-state index contributed by atoms with van der Waals surface area (Å²) in [4.78, 5) is 11.7. The van der Waals surface area contributed by atoms with E-state index < -0.39 is 17.8 Å². The third-order valence-corrected chi connectivity index (χ3v) is 4.48. The SMILES string of the molecule is Nc1ccc(Br)cc1.O=C(Nc1ccc(Br)cc1)Nc1cccc(C(F)(F)F)c1. The van der Waals surface area contributed by atoms with Crippen molar-refractivity contribution in [2.24, 2.45) is 0 Å². The molecule has 0 aliphatic rings. The lowest BCUT2D eigenvalue weighted by atomic mass is 10.2. The quantitative estimate of drug-likeness (QED) is 0.308. The first-order chi connectivity index (χ1) is 13.6. The van der Waals surface area contributed by atoms with Gasteiger partial charge in [-0.2, -0.15) is 13.2 Å². The van der Waals surface area contributed by atoms with Gasteiger partial charge in [-0.1, -0.05) is 37.9 Å². The molecule has 2 amide bonds. The number of nitrogens with two attached hydrogens (primary N) is 1. The summed E-state index contributed by atoms with van der Waals surface area (Å²) in [6.45, 7) is 0. The van der Waals surface area contributed by atoms with Crippen molar-refractivity contribution in [1.29, 1.82) is 0 Å². The first-order valence-corrected chi connectivity index (χ1v) is 9.74. The number of hydrogen-bond acceptors (Lipinski definition) is 2. The zero-order valence-electron chi connectivity index (χ0n) is 14.8. The van der Waals surface area contributed by atoms with Crippen molar-refractivity contribution in [2.45, 2.75) is 6.18 Å². The summed E-state index contributed by atoms with van der Waals surface area (Å²) < 4.78 is 39.6. The van der Waals surface area contributed by atoms with Crippen LogP contribution in [0.2, 0.25) is 0 Å². The fourth-order valence-corrected chi connectivity index (χ4v) is 2.59. The first-order valence-electron chi connectivity index (χ1n) is 8.15. The normalized spacial score (nSPS) is 10.5. The Morgan fingerprint density at radius 1 is 0.793 bits per heavy atom. The van der Waals surface area contributed by atoms with Crippen LogP contribution in [-0.2, 0) is 6.18 Å². The summed E-state index contributed by atoms with van der Waals surface area (Å²) >= 11 is 6.55. The second-order valence-electron chi connectivity index (χ2n) is 5.72. The number of anilines is 3. The van der Waals surface area contributed by atoms with E-state index >= 15 is 0 Å². The van der Waals surface area contributed by atoms with Crippen LogP contribution in [0.3, 0.4) is 0 Å². The third-order valence-electron chi connectivity index (χ3n) is 3.42. The van der Waals surface area contributed by atoms with Crippen molar-refractivity contribution >= 4 is 55.0 Å². The molecule has 0 aliphatic heterocycles. The molecule has 0 heterocycles. The minimum Gasteiger partial charge on any atom is -0.399 e. The Morgan fingerprint density at radius 2 is 1.31 bits per heavy atom. The van der Waals surface area contributed by atoms with Crippen LogP contribution in [0.5, 0.6) is 0 Å². The summed E-state index contributed by atoms with van der Waals surface area (Å²) in [5.41, 5.74) is 5.99. The largest absolute Gasteiger partial charge is 0.416 e. The molecule has 0 aliphatic carbocycles. The average Bonchev–Trinajstić information content (AvgIpc) is 2.66. The maximum Gasteiger partial charge on any atom is 0.416 e. The van der Waals surface area contributed by atoms with E-state index in [9.17, 15) is 18.0 Å². The van der Waals surface area contributed by atoms with Gasteiger partial charge in [0.1, 0.15) is 0 Å². The highest BCUT2D eigenvalue weighted by Crippen LogP contribution is 2.30. The van der Waals surface area contributed by atoms with E-state index in [1.54, 1.807) is 24.3 Å². The molecule has 0 unspecified atom stereocenters. The van der Waals surface area contributed by atoms with Crippen LogP contribution < -0.4 is 16.4 Å². The molecule has 29 heavy (non-hydrogen) atoms. The Labute approximate surface area is 182 Å². The number of rotatable bonds is 2. The van der Waals surface area contributed by atoms with Crippen molar-refractivity contribution in [2.75, 3.05) is 16.4 Å². The number of halogens is 5. The highest BCUT2D eigenvalue weighted by molar-refractivity contribution is 9.10. The second kappa shape index (κ2) is 10.3. The highest BCUT2D eigenvalue weighted by atomic mass is 79.9. The molecule has 152 valence electrons. The predicted molar refractivity (Wildman–Crippen MR) is 117 cm³/mol. The van der Waals surface area contributed by atoms with Crippen LogP contribution in [0, 0.1) is 0 Å². The number of hydrogen-bond donors (Lipinski definition) is 3. The third kappa shape index (κ3) is 8.16. The summed E-state index contributed by atoms with van der Waals surface area (Å²) in [7, 11) is 0. The molecule has 0 saturated carbocycles. The van der Waals surface area contributed by atoms with Gasteiger partial charge in [0.15, 0.2) is 0 Å². The van der Waals surface area contributed by atoms with E-state index in [1.165, 1.54) is 12.1 Å². The van der Waals surface area contributed by atoms with Gasteiger partial charge in [0.2, 0.25) is 0 Å². The van der Waals surface area contributed by atoms with Crippen LogP contribution in [-0.4, -0.2) is 6.03 Å². The first kappa shape index (κ1) is 22.8. The van der Waals surface area contributed by atoms with Crippen molar-refractivity contribution in [3.05, 3.63) is 87.3 Å². The lowest BCUT2D eigenvalue weighted by Gasteiger charge is -2.10. The molecule has 0 atom stereocenters. The number of urea groups is 1. The Hall–Kier alpha value is -2.52. The van der Waals surface area contributed by atoms with Gasteiger partial charge >= 0.3 is 12.2 Å². The molecule has 0 bridgehead atoms. The molecule has 3 rings (SSSR count). The van der Waals surface area contributed by atoms with Crippen molar-refractivity contribution in [3.63, 3.8) is 0 Å². The summed E-state index contributed by atoms with van der Waals surface area (Å²) in [6, 6.07) is 18.1. The van der Waals surface area contributed by atoms with E-state index in [0.29, 0.717) is 5.69 Å². The highest BCUT2D eigenvalue weighted by Gasteiger charge is 2.30. The van der Waals surface area contributed by atoms with E-state index in [1.807, 2.05) is 24.3 Å². The number of amides is 2. The molecule has 0 fully saturated rings. The van der Waals surface area contributed by atoms with Gasteiger partial charge in [-0.25, -0.2) is 4.79 Å². The van der Waals surface area contributed by atoms with E-state index in [0.717, 1.165) is 26.8 Å². The molecular formula is C20H16Br2F3N3O. The molecule has 4 nitrogen and oxygen atoms in total. The number of nitrogen functional groups attached to an aromatic ring is 1. The lowest BCUT2D eigenvalue weighted by Crippen LogP contribution is -2.19. The Morgan fingerprint density at radius 3 is 1.83 bits per heavy atom. The monoisotopic (exact) mass is 529 g/mol. The van der Waals surface area contributed by atoms with Gasteiger partial charge in [-0.15, -0.1) is 0 Å². The smallest absolute Gasteiger partial charge is 0.399 e. The summed E-state index contributed by atoms with van der Waals surface area (Å²) in [6.07, 6.45) is -4.44. The van der Waals surface area contributed by atoms with Crippen LogP contribution in [0.25, 0.3) is 0 Å². The second-order valence-corrected chi connectivity index (χ2v) is 7.55. The molecule has 3 aromatic rings. The van der Waals surface area contributed by atoms with Gasteiger partial charge in [0.25, 0.3) is 0 Å². The number of carbonyl (C=O) groups excluding carboxylic acids is 1. The molecule has 0 aromatic heterocycles. The number of nitrogens with one attached hydrogen (secondary N) is 2. The molecule has 9 heteroatoms. The van der Waals surface area contributed by atoms with E-state index in [4.69, 9.17) is 5.73 Å². The van der Waals surface area contributed by atoms with Gasteiger partial charge in [-0.05, 0) is 66.7 Å². The molecule has 0 radical (unpaired) electrons. The zero-order valence-corrected chi connectivity index (χ0v) is 18.0. The average molecular weight is 531 g/mol. The van der Waals surface area contributed by atoms with Gasteiger partial charge in [0, 0.05) is 26.0 Å². The predicted octanol–water partition coefficient (Wildman–Crippen LogP) is 7.14. The fraction of sp³-hybridized carbons (Fsp3) is 0.0500. The minimum atomic E-state index is -4.44. The Balaban J connectivity index is 0.000000313. The lowest BCUT2D eigenvalue weighted by molar-refractivity contribution is -0.137. The van der Waals surface area contributed by atoms with Crippen LogP contribution in [0.15, 0.2) is 81.7 Å². The fourth-order valence-electron chi connectivity index (χ4n) is 2.06. The maximum absolute atomic E-state index is 12.6. The minimum absolute atomic E-state index is 0.0689. The van der Waals surface area contributed by atoms with Crippen LogP contribution in [0.1, 0.15) is 5.56 Å². The standard InChI is InChI=1S/C14H10BrF3N2O.C6H6BrN/c15-10-4-6-11(7-5-10)19-13(21)20-12-3-1-2-9(8-12)14(16,17)18;7-5-1-3-6(8)4-2-5/h1-8H,(H2,19,20,21);1-4H,8H2. The van der Waals surface area contributed by atoms with Gasteiger partial charge in [0.05, 0.1) is 5.56 Å². The number of alkyl halides is 3. The van der Waals surface area contributed by atoms with Gasteiger partial charge < -0.3 is 16.4 Å². The number of benzene rings is 3. The molecule has 3 aromatic carbocycles. The van der Waals surface area contributed by atoms with E-state index in [2.05, 4.69) is 42.5 Å². The molecular weight excluding hydrogens is 515 g/mol. The van der Waals surface area contributed by atoms with Gasteiger partial charge in [-0.3, -0.25) is 0 Å². The van der Waals surface area contributed by atoms with Crippen molar-refractivity contribution < 1.29 is 18.0 Å². The summed E-state index contributed by atoms with van der Waals surface area (Å²) in [5, 5.41) is 4.88. The Kier molecular flexibility index (Phi) is 8.10. The van der Waals surface area contributed by atoms with Crippen molar-refractivity contribution in [3.8, 4) is 0 Å². The van der Waals surface area contributed by atoms with Crippen LogP contribution >= 0.6 is 31.9 Å². The number of carbonyl (C=O) groups is 1. The van der Waals surface area contributed by atoms with Crippen LogP contribution in [0.4, 0.5) is 35.0 Å². The zero-order chi connectivity index (χ0) is 21.4. The topological polar surface area (TPSA) is 67.2 Å². The molecule has 0 saturated heterocycles. The molecule has 0 spiro atoms. The summed E-state index contributed by atoms with van der Waals surface area (Å²) in [5.74, 6) is 0. The molecule has 4 N–H and O–H groups in total. The maximum atomic E-state index is 12.6.